The molecule has 3 rings (SSSR count). The lowest BCUT2D eigenvalue weighted by Gasteiger charge is -2.38. The molecule has 0 radical (unpaired) electrons. The maximum atomic E-state index is 12.6. The highest BCUT2D eigenvalue weighted by atomic mass is 35.5. The Morgan fingerprint density at radius 1 is 1.17 bits per heavy atom. The monoisotopic (exact) mass is 472 g/mol. The van der Waals surface area contributed by atoms with Crippen LogP contribution in [0.15, 0.2) is 42.5 Å². The van der Waals surface area contributed by atoms with E-state index < -0.39 is 11.6 Å². The van der Waals surface area contributed by atoms with Crippen molar-refractivity contribution >= 4 is 64.3 Å². The number of nitrogens with zero attached hydrogens (tertiary/aromatic N) is 1. The van der Waals surface area contributed by atoms with E-state index in [-0.39, 0.29) is 17.9 Å². The number of carbonyl (C=O) groups is 2. The van der Waals surface area contributed by atoms with E-state index in [1.807, 2.05) is 26.0 Å². The van der Waals surface area contributed by atoms with Gasteiger partial charge in [0, 0.05) is 10.7 Å². The highest BCUT2D eigenvalue weighted by Crippen LogP contribution is 2.43. The van der Waals surface area contributed by atoms with Crippen LogP contribution in [0.25, 0.3) is 0 Å². The molecule has 1 aliphatic heterocycles. The van der Waals surface area contributed by atoms with Gasteiger partial charge in [0.05, 0.1) is 21.3 Å². The van der Waals surface area contributed by atoms with Crippen molar-refractivity contribution in [2.75, 3.05) is 17.7 Å². The summed E-state index contributed by atoms with van der Waals surface area (Å²) in [4.78, 5) is 26.5. The first-order chi connectivity index (χ1) is 13.7. The van der Waals surface area contributed by atoms with E-state index in [1.54, 1.807) is 29.2 Å². The molecule has 0 spiro atoms. The first-order valence-electron chi connectivity index (χ1n) is 8.75. The second-order valence-electron chi connectivity index (χ2n) is 7.12. The zero-order valence-corrected chi connectivity index (χ0v) is 18.8. The van der Waals surface area contributed by atoms with Crippen LogP contribution in [0.2, 0.25) is 15.1 Å². The molecule has 0 aromatic heterocycles. The van der Waals surface area contributed by atoms with Gasteiger partial charge in [-0.2, -0.15) is 0 Å². The molecular weight excluding hydrogens is 455 g/mol. The Labute approximate surface area is 188 Å². The van der Waals surface area contributed by atoms with Crippen molar-refractivity contribution in [1.82, 2.24) is 4.90 Å². The topological polar surface area (TPSA) is 58.6 Å². The molecule has 29 heavy (non-hydrogen) atoms. The molecule has 1 aliphatic rings. The Hall–Kier alpha value is -1.60. The van der Waals surface area contributed by atoms with Crippen molar-refractivity contribution in [3.8, 4) is 0 Å². The lowest BCUT2D eigenvalue weighted by molar-refractivity contribution is -0.134. The summed E-state index contributed by atoms with van der Waals surface area (Å²) in [5.41, 5.74) is 0.729. The third-order valence-corrected chi connectivity index (χ3v) is 6.60. The van der Waals surface area contributed by atoms with Gasteiger partial charge < -0.3 is 9.64 Å². The van der Waals surface area contributed by atoms with E-state index in [1.165, 1.54) is 17.8 Å². The fraction of sp³-hybridized carbons (Fsp3) is 0.300. The quantitative estimate of drug-likeness (QED) is 0.558. The second kappa shape index (κ2) is 9.04. The lowest BCUT2D eigenvalue weighted by atomic mass is 10.0. The van der Waals surface area contributed by atoms with Crippen LogP contribution >= 0.6 is 46.6 Å². The average Bonchev–Trinajstić information content (AvgIpc) is 3.06. The number of halogens is 3. The van der Waals surface area contributed by atoms with E-state index in [2.05, 4.69) is 5.32 Å². The first kappa shape index (κ1) is 22.1. The molecule has 1 fully saturated rings. The fourth-order valence-corrected chi connectivity index (χ4v) is 4.76. The van der Waals surface area contributed by atoms with Crippen LogP contribution in [0, 0.1) is 0 Å². The molecule has 0 bridgehead atoms. The second-order valence-corrected chi connectivity index (χ2v) is 9.44. The number of benzene rings is 2. The van der Waals surface area contributed by atoms with Gasteiger partial charge in [-0.25, -0.2) is 4.79 Å². The van der Waals surface area contributed by atoms with Crippen LogP contribution in [-0.2, 0) is 9.53 Å². The molecular formula is C20H19Cl3N2O3S. The summed E-state index contributed by atoms with van der Waals surface area (Å²) in [5.74, 6) is 0.361. The number of thioether (sulfide) groups is 1. The Bertz CT molecular complexity index is 922. The predicted molar refractivity (Wildman–Crippen MR) is 119 cm³/mol. The summed E-state index contributed by atoms with van der Waals surface area (Å²) < 4.78 is 5.39. The number of hydrogen-bond donors (Lipinski definition) is 1. The lowest BCUT2D eigenvalue weighted by Crippen LogP contribution is -2.49. The number of amides is 2. The van der Waals surface area contributed by atoms with Gasteiger partial charge in [0.15, 0.2) is 0 Å². The molecule has 154 valence electrons. The molecule has 1 N–H and O–H groups in total. The van der Waals surface area contributed by atoms with Gasteiger partial charge in [-0.05, 0) is 49.7 Å². The average molecular weight is 474 g/mol. The zero-order chi connectivity index (χ0) is 21.2. The van der Waals surface area contributed by atoms with Gasteiger partial charge >= 0.3 is 6.09 Å². The predicted octanol–water partition coefficient (Wildman–Crippen LogP) is 6.25. The highest BCUT2D eigenvalue weighted by molar-refractivity contribution is 8.00. The molecule has 1 saturated heterocycles. The van der Waals surface area contributed by atoms with Crippen molar-refractivity contribution in [3.05, 3.63) is 63.1 Å². The van der Waals surface area contributed by atoms with Crippen LogP contribution in [0.1, 0.15) is 24.8 Å². The Kier molecular flexibility index (Phi) is 6.89. The minimum Gasteiger partial charge on any atom is -0.447 e. The van der Waals surface area contributed by atoms with Gasteiger partial charge in [0.2, 0.25) is 5.91 Å². The normalized spacial score (nSPS) is 16.8. The van der Waals surface area contributed by atoms with Crippen LogP contribution in [0.3, 0.4) is 0 Å². The van der Waals surface area contributed by atoms with E-state index >= 15 is 0 Å². The number of carbonyl (C=O) groups excluding carboxylic acids is 2. The van der Waals surface area contributed by atoms with Crippen molar-refractivity contribution in [1.29, 1.82) is 0 Å². The van der Waals surface area contributed by atoms with Gasteiger partial charge in [0.25, 0.3) is 0 Å². The molecule has 2 aromatic rings. The van der Waals surface area contributed by atoms with Crippen LogP contribution < -0.4 is 5.32 Å². The standard InChI is InChI=1S/C20H19Cl3N2O3S/c1-20(2,11-28-19(27)24-14-7-8-15(22)16(23)9-14)25-17(26)10-29-18(25)12-3-5-13(21)6-4-12/h3-9,18H,10-11H2,1-2H3,(H,24,27)/t18-/m0/s1. The number of nitrogens with one attached hydrogen (secondary N) is 1. The first-order valence-corrected chi connectivity index (χ1v) is 10.9. The summed E-state index contributed by atoms with van der Waals surface area (Å²) in [6.07, 6.45) is -0.640. The fourth-order valence-electron chi connectivity index (χ4n) is 2.99. The van der Waals surface area contributed by atoms with Crippen LogP contribution in [0.5, 0.6) is 0 Å². The number of rotatable bonds is 5. The summed E-state index contributed by atoms with van der Waals surface area (Å²) in [6, 6.07) is 12.1. The van der Waals surface area contributed by atoms with Gasteiger partial charge in [-0.3, -0.25) is 10.1 Å². The van der Waals surface area contributed by atoms with Crippen LogP contribution in [0.4, 0.5) is 10.5 Å². The molecule has 5 nitrogen and oxygen atoms in total. The van der Waals surface area contributed by atoms with Crippen LogP contribution in [-0.4, -0.2) is 34.8 Å². The molecule has 9 heteroatoms. The summed E-state index contributed by atoms with van der Waals surface area (Å²) >= 11 is 19.3. The minimum atomic E-state index is -0.708. The summed E-state index contributed by atoms with van der Waals surface area (Å²) in [6.45, 7) is 3.76. The Balaban J connectivity index is 1.66. The van der Waals surface area contributed by atoms with Gasteiger partial charge in [-0.15, -0.1) is 11.8 Å². The molecule has 2 amide bonds. The maximum absolute atomic E-state index is 12.6. The minimum absolute atomic E-state index is 0.00607. The van der Waals surface area contributed by atoms with E-state index in [0.717, 1.165) is 5.56 Å². The molecule has 0 unspecified atom stereocenters. The van der Waals surface area contributed by atoms with E-state index in [4.69, 9.17) is 39.5 Å². The number of hydrogen-bond acceptors (Lipinski definition) is 4. The van der Waals surface area contributed by atoms with Crippen molar-refractivity contribution in [2.24, 2.45) is 0 Å². The molecule has 0 saturated carbocycles. The number of anilines is 1. The third kappa shape index (κ3) is 5.31. The van der Waals surface area contributed by atoms with Gasteiger partial charge in [0.1, 0.15) is 12.0 Å². The highest BCUT2D eigenvalue weighted by Gasteiger charge is 2.42. The maximum Gasteiger partial charge on any atom is 0.411 e. The van der Waals surface area contributed by atoms with Crippen molar-refractivity contribution in [2.45, 2.75) is 24.8 Å². The Morgan fingerprint density at radius 3 is 2.52 bits per heavy atom. The van der Waals surface area contributed by atoms with E-state index in [9.17, 15) is 9.59 Å². The van der Waals surface area contributed by atoms with Gasteiger partial charge in [-0.1, -0.05) is 46.9 Å². The smallest absolute Gasteiger partial charge is 0.411 e. The molecule has 1 heterocycles. The zero-order valence-electron chi connectivity index (χ0n) is 15.7. The summed E-state index contributed by atoms with van der Waals surface area (Å²) in [5, 5.41) is 3.79. The third-order valence-electron chi connectivity index (χ3n) is 4.40. The SMILES string of the molecule is CC(C)(COC(=O)Nc1ccc(Cl)c(Cl)c1)N1C(=O)CS[C@H]1c1ccc(Cl)cc1. The molecule has 0 aliphatic carbocycles. The number of ether oxygens (including phenoxy) is 1. The molecule has 1 atom stereocenters. The van der Waals surface area contributed by atoms with Crippen molar-refractivity contribution < 1.29 is 14.3 Å². The Morgan fingerprint density at radius 2 is 1.86 bits per heavy atom. The largest absolute Gasteiger partial charge is 0.447 e. The van der Waals surface area contributed by atoms with Crippen molar-refractivity contribution in [3.63, 3.8) is 0 Å². The van der Waals surface area contributed by atoms with E-state index in [0.29, 0.717) is 26.5 Å². The molecule has 2 aromatic carbocycles. The summed E-state index contributed by atoms with van der Waals surface area (Å²) in [7, 11) is 0.